The number of fused-ring (bicyclic) bond motifs is 1. The number of hydrogen-bond donors (Lipinski definition) is 1. The van der Waals surface area contributed by atoms with Crippen LogP contribution in [-0.4, -0.2) is 76.8 Å². The van der Waals surface area contributed by atoms with E-state index >= 15 is 0 Å². The average molecular weight is 491 g/mol. The number of likely N-dealkylation sites (N-methyl/N-ethyl adjacent to an activating group) is 1. The fourth-order valence-corrected chi connectivity index (χ4v) is 4.53. The van der Waals surface area contributed by atoms with Crippen LogP contribution in [0, 0.1) is 5.92 Å². The van der Waals surface area contributed by atoms with E-state index < -0.39 is 0 Å². The Morgan fingerprint density at radius 1 is 1.22 bits per heavy atom. The first kappa shape index (κ1) is 25.6. The van der Waals surface area contributed by atoms with Crippen LogP contribution in [0.15, 0.2) is 61.1 Å². The largest absolute Gasteiger partial charge is 0.496 e. The molecular weight excluding hydrogens is 456 g/mol. The van der Waals surface area contributed by atoms with E-state index in [2.05, 4.69) is 21.8 Å². The maximum Gasteiger partial charge on any atom is 0.259 e. The summed E-state index contributed by atoms with van der Waals surface area (Å²) in [5.74, 6) is 0.815. The second-order valence-electron chi connectivity index (χ2n) is 9.46. The zero-order chi connectivity index (χ0) is 25.7. The molecule has 4 rings (SSSR count). The van der Waals surface area contributed by atoms with Crippen molar-refractivity contribution in [2.45, 2.75) is 32.5 Å². The lowest BCUT2D eigenvalue weighted by Crippen LogP contribution is -2.49. The molecule has 3 aromatic rings. The van der Waals surface area contributed by atoms with Gasteiger partial charge in [-0.1, -0.05) is 31.2 Å². The highest BCUT2D eigenvalue weighted by Gasteiger charge is 2.34. The first-order valence-corrected chi connectivity index (χ1v) is 12.2. The lowest BCUT2D eigenvalue weighted by Gasteiger charge is -2.37. The third-order valence-corrected chi connectivity index (χ3v) is 6.61. The maximum atomic E-state index is 13.7. The van der Waals surface area contributed by atoms with Gasteiger partial charge in [-0.2, -0.15) is 0 Å². The van der Waals surface area contributed by atoms with Gasteiger partial charge in [0, 0.05) is 55.3 Å². The van der Waals surface area contributed by atoms with E-state index in [-0.39, 0.29) is 30.6 Å². The molecule has 3 heterocycles. The van der Waals surface area contributed by atoms with Crippen molar-refractivity contribution >= 4 is 5.91 Å². The molecule has 8 nitrogen and oxygen atoms in total. The van der Waals surface area contributed by atoms with Gasteiger partial charge >= 0.3 is 0 Å². The van der Waals surface area contributed by atoms with Gasteiger partial charge in [-0.25, -0.2) is 4.98 Å². The van der Waals surface area contributed by atoms with Crippen molar-refractivity contribution in [2.75, 3.05) is 33.9 Å². The first-order chi connectivity index (χ1) is 17.4. The summed E-state index contributed by atoms with van der Waals surface area (Å²) in [4.78, 5) is 26.4. The Hall–Kier alpha value is -3.49. The van der Waals surface area contributed by atoms with Crippen LogP contribution in [0.4, 0.5) is 0 Å². The highest BCUT2D eigenvalue weighted by Crippen LogP contribution is 2.34. The molecule has 2 aromatic heterocycles. The predicted octanol–water partition coefficient (Wildman–Crippen LogP) is 3.50. The first-order valence-electron chi connectivity index (χ1n) is 12.2. The highest BCUT2D eigenvalue weighted by atomic mass is 16.5. The van der Waals surface area contributed by atoms with E-state index in [4.69, 9.17) is 9.47 Å². The fourth-order valence-electron chi connectivity index (χ4n) is 4.53. The molecule has 3 atom stereocenters. The van der Waals surface area contributed by atoms with Gasteiger partial charge < -0.3 is 19.5 Å². The number of rotatable bonds is 8. The minimum Gasteiger partial charge on any atom is -0.496 e. The number of amides is 1. The maximum absolute atomic E-state index is 13.7. The fraction of sp³-hybridized carbons (Fsp3) is 0.393. The molecule has 190 valence electrons. The smallest absolute Gasteiger partial charge is 0.259 e. The molecule has 0 spiro atoms. The number of aliphatic hydroxyl groups is 1. The van der Waals surface area contributed by atoms with Crippen molar-refractivity contribution in [2.24, 2.45) is 5.92 Å². The zero-order valence-electron chi connectivity index (χ0n) is 21.3. The molecule has 0 saturated carbocycles. The number of benzene rings is 1. The van der Waals surface area contributed by atoms with Crippen LogP contribution < -0.4 is 9.47 Å². The van der Waals surface area contributed by atoms with Gasteiger partial charge in [0.1, 0.15) is 17.4 Å². The minimum atomic E-state index is -0.338. The molecule has 1 N–H and O–H groups in total. The number of ether oxygens (including phenoxy) is 2. The van der Waals surface area contributed by atoms with E-state index in [0.29, 0.717) is 30.3 Å². The predicted molar refractivity (Wildman–Crippen MR) is 138 cm³/mol. The van der Waals surface area contributed by atoms with Gasteiger partial charge in [0.15, 0.2) is 0 Å². The van der Waals surface area contributed by atoms with Crippen LogP contribution >= 0.6 is 0 Å². The molecule has 36 heavy (non-hydrogen) atoms. The Morgan fingerprint density at radius 3 is 2.75 bits per heavy atom. The standard InChI is InChI=1S/C28H34N4O4/c1-19-15-32(20(2)18-33)28(34)24-12-22(23-9-5-6-10-25(23)35-4)14-30-27(24)36-26(19)17-31(3)16-21-8-7-11-29-13-21/h5-14,19-20,26,33H,15-18H2,1-4H3/t19-,20-,26-/m1/s1. The molecule has 1 aliphatic rings. The third-order valence-electron chi connectivity index (χ3n) is 6.61. The van der Waals surface area contributed by atoms with Crippen LogP contribution in [0.1, 0.15) is 29.8 Å². The average Bonchev–Trinajstić information content (AvgIpc) is 2.90. The zero-order valence-corrected chi connectivity index (χ0v) is 21.3. The second kappa shape index (κ2) is 11.5. The molecule has 0 unspecified atom stereocenters. The number of aromatic nitrogens is 2. The van der Waals surface area contributed by atoms with Gasteiger partial charge in [-0.05, 0) is 37.7 Å². The summed E-state index contributed by atoms with van der Waals surface area (Å²) in [7, 11) is 3.66. The van der Waals surface area contributed by atoms with Crippen LogP contribution in [0.25, 0.3) is 11.1 Å². The molecule has 0 bridgehead atoms. The molecule has 0 fully saturated rings. The van der Waals surface area contributed by atoms with Gasteiger partial charge in [0.25, 0.3) is 5.91 Å². The number of pyridine rings is 2. The number of carbonyl (C=O) groups excluding carboxylic acids is 1. The Labute approximate surface area is 212 Å². The van der Waals surface area contributed by atoms with Crippen LogP contribution in [0.5, 0.6) is 11.6 Å². The summed E-state index contributed by atoms with van der Waals surface area (Å²) < 4.78 is 11.9. The summed E-state index contributed by atoms with van der Waals surface area (Å²) in [5, 5.41) is 9.91. The van der Waals surface area contributed by atoms with Crippen LogP contribution in [0.2, 0.25) is 0 Å². The molecule has 0 saturated heterocycles. The van der Waals surface area contributed by atoms with Crippen molar-refractivity contribution in [1.82, 2.24) is 19.8 Å². The van der Waals surface area contributed by atoms with E-state index in [1.807, 2.05) is 62.6 Å². The van der Waals surface area contributed by atoms with E-state index in [1.54, 1.807) is 24.4 Å². The number of methoxy groups -OCH3 is 1. The van der Waals surface area contributed by atoms with Gasteiger partial charge in [0.2, 0.25) is 5.88 Å². The van der Waals surface area contributed by atoms with Crippen molar-refractivity contribution < 1.29 is 19.4 Å². The molecule has 1 aliphatic heterocycles. The Balaban J connectivity index is 1.68. The summed E-state index contributed by atoms with van der Waals surface area (Å²) >= 11 is 0. The summed E-state index contributed by atoms with van der Waals surface area (Å²) in [6.07, 6.45) is 5.13. The third kappa shape index (κ3) is 5.66. The Bertz CT molecular complexity index is 1170. The lowest BCUT2D eigenvalue weighted by molar-refractivity contribution is 0.0325. The number of nitrogens with zero attached hydrogens (tertiary/aromatic N) is 4. The molecular formula is C28H34N4O4. The van der Waals surface area contributed by atoms with Crippen molar-refractivity contribution in [3.05, 3.63) is 72.2 Å². The van der Waals surface area contributed by atoms with Gasteiger partial charge in [0.05, 0.1) is 19.8 Å². The monoisotopic (exact) mass is 490 g/mol. The van der Waals surface area contributed by atoms with E-state index in [0.717, 1.165) is 23.2 Å². The van der Waals surface area contributed by atoms with Crippen LogP contribution in [0.3, 0.4) is 0 Å². The summed E-state index contributed by atoms with van der Waals surface area (Å²) in [5.41, 5.74) is 3.10. The summed E-state index contributed by atoms with van der Waals surface area (Å²) in [6.45, 7) is 5.63. The number of hydrogen-bond acceptors (Lipinski definition) is 7. The highest BCUT2D eigenvalue weighted by molar-refractivity contribution is 5.98. The quantitative estimate of drug-likeness (QED) is 0.517. The minimum absolute atomic E-state index is 0.0168. The molecule has 1 amide bonds. The van der Waals surface area contributed by atoms with E-state index in [9.17, 15) is 9.90 Å². The van der Waals surface area contributed by atoms with E-state index in [1.165, 1.54) is 0 Å². The number of aliphatic hydroxyl groups excluding tert-OH is 1. The molecule has 0 radical (unpaired) electrons. The normalized spacial score (nSPS) is 18.7. The molecule has 0 aliphatic carbocycles. The summed E-state index contributed by atoms with van der Waals surface area (Å²) in [6, 6.07) is 13.1. The SMILES string of the molecule is COc1ccccc1-c1cnc2c(c1)C(=O)N([C@H](C)CO)C[C@@H](C)[C@@H](CN(C)Cc1cccnc1)O2. The second-order valence-corrected chi connectivity index (χ2v) is 9.46. The lowest BCUT2D eigenvalue weighted by atomic mass is 9.99. The Kier molecular flexibility index (Phi) is 8.18. The van der Waals surface area contributed by atoms with Gasteiger partial charge in [-0.15, -0.1) is 0 Å². The van der Waals surface area contributed by atoms with Crippen molar-refractivity contribution in [1.29, 1.82) is 0 Å². The van der Waals surface area contributed by atoms with Crippen molar-refractivity contribution in [3.8, 4) is 22.8 Å². The Morgan fingerprint density at radius 2 is 2.03 bits per heavy atom. The number of carbonyl (C=O) groups is 1. The molecule has 8 heteroatoms. The number of para-hydroxylation sites is 1. The molecule has 1 aromatic carbocycles. The topological polar surface area (TPSA) is 88.0 Å². The van der Waals surface area contributed by atoms with Gasteiger partial charge in [-0.3, -0.25) is 14.7 Å². The van der Waals surface area contributed by atoms with Crippen LogP contribution in [-0.2, 0) is 6.54 Å². The van der Waals surface area contributed by atoms with Crippen molar-refractivity contribution in [3.63, 3.8) is 0 Å².